The normalized spacial score (nSPS) is 18.3. The summed E-state index contributed by atoms with van der Waals surface area (Å²) in [5, 5.41) is 0. The molecule has 0 N–H and O–H groups in total. The number of nitrogens with zero attached hydrogens (tertiary/aromatic N) is 2. The summed E-state index contributed by atoms with van der Waals surface area (Å²) in [4.78, 5) is 16.6. The largest absolute Gasteiger partial charge is 0.443 e. The zero-order valence-corrected chi connectivity index (χ0v) is 16.5. The molecule has 1 amide bonds. The summed E-state index contributed by atoms with van der Waals surface area (Å²) in [7, 11) is 4.17. The van der Waals surface area contributed by atoms with Crippen molar-refractivity contribution in [1.82, 2.24) is 9.80 Å². The van der Waals surface area contributed by atoms with Gasteiger partial charge in [-0.15, -0.1) is 0 Å². The Hall–Kier alpha value is -1.81. The topological polar surface area (TPSA) is 32.8 Å². The summed E-state index contributed by atoms with van der Waals surface area (Å²) < 4.78 is 5.61. The molecule has 4 nitrogen and oxygen atoms in total. The minimum Gasteiger partial charge on any atom is -0.443 e. The van der Waals surface area contributed by atoms with Crippen molar-refractivity contribution in [1.29, 1.82) is 0 Å². The van der Waals surface area contributed by atoms with Gasteiger partial charge in [-0.3, -0.25) is 4.90 Å². The molecule has 0 spiro atoms. The predicted molar refractivity (Wildman–Crippen MR) is 103 cm³/mol. The van der Waals surface area contributed by atoms with Crippen LogP contribution in [0.15, 0.2) is 30.3 Å². The molecule has 0 aliphatic carbocycles. The Balaban J connectivity index is 2.17. The van der Waals surface area contributed by atoms with Crippen molar-refractivity contribution in [3.63, 3.8) is 0 Å². The maximum Gasteiger partial charge on any atom is 0.414 e. The van der Waals surface area contributed by atoms with Crippen molar-refractivity contribution in [3.05, 3.63) is 41.5 Å². The second kappa shape index (κ2) is 8.05. The Morgan fingerprint density at radius 1 is 1.24 bits per heavy atom. The van der Waals surface area contributed by atoms with Crippen LogP contribution in [-0.2, 0) is 11.2 Å². The van der Waals surface area contributed by atoms with Crippen molar-refractivity contribution in [2.75, 3.05) is 27.2 Å². The number of hydrogen-bond donors (Lipinski definition) is 0. The molecule has 0 unspecified atom stereocenters. The fraction of sp³-hybridized carbons (Fsp3) is 0.571. The minimum atomic E-state index is -0.487. The number of hydrogen-bond acceptors (Lipinski definition) is 3. The number of benzene rings is 1. The summed E-state index contributed by atoms with van der Waals surface area (Å²) in [6.45, 7) is 9.60. The van der Waals surface area contributed by atoms with Crippen molar-refractivity contribution < 1.29 is 9.53 Å². The van der Waals surface area contributed by atoms with Gasteiger partial charge < -0.3 is 9.64 Å². The Morgan fingerprint density at radius 3 is 2.44 bits per heavy atom. The fourth-order valence-corrected chi connectivity index (χ4v) is 2.87. The summed E-state index contributed by atoms with van der Waals surface area (Å²) in [5.41, 5.74) is 2.86. The van der Waals surface area contributed by atoms with Crippen LogP contribution in [0.25, 0.3) is 5.70 Å². The lowest BCUT2D eigenvalue weighted by molar-refractivity contribution is 0.0327. The SMILES string of the molecule is C[C@H]1CC=C(c2ccc(CCN(C)C)cc2)N(C(=O)OC(C)(C)C)C1. The highest BCUT2D eigenvalue weighted by Crippen LogP contribution is 2.29. The van der Waals surface area contributed by atoms with E-state index in [0.717, 1.165) is 30.6 Å². The first-order chi connectivity index (χ1) is 11.7. The third-order valence-electron chi connectivity index (χ3n) is 4.21. The number of rotatable bonds is 4. The molecule has 2 rings (SSSR count). The second-order valence-electron chi connectivity index (χ2n) is 8.27. The highest BCUT2D eigenvalue weighted by atomic mass is 16.6. The molecule has 0 aromatic heterocycles. The molecule has 1 aliphatic rings. The monoisotopic (exact) mass is 344 g/mol. The van der Waals surface area contributed by atoms with E-state index in [9.17, 15) is 4.79 Å². The maximum atomic E-state index is 12.6. The second-order valence-corrected chi connectivity index (χ2v) is 8.27. The van der Waals surface area contributed by atoms with Crippen molar-refractivity contribution >= 4 is 11.8 Å². The van der Waals surface area contributed by atoms with Gasteiger partial charge in [-0.25, -0.2) is 4.79 Å². The molecule has 25 heavy (non-hydrogen) atoms. The van der Waals surface area contributed by atoms with Gasteiger partial charge in [0.2, 0.25) is 0 Å². The van der Waals surface area contributed by atoms with Gasteiger partial charge in [0, 0.05) is 13.1 Å². The van der Waals surface area contributed by atoms with E-state index in [2.05, 4.69) is 56.3 Å². The average molecular weight is 344 g/mol. The molecule has 0 fully saturated rings. The van der Waals surface area contributed by atoms with E-state index in [1.165, 1.54) is 5.56 Å². The molecule has 1 atom stereocenters. The van der Waals surface area contributed by atoms with Gasteiger partial charge >= 0.3 is 6.09 Å². The van der Waals surface area contributed by atoms with Crippen LogP contribution in [0.2, 0.25) is 0 Å². The van der Waals surface area contributed by atoms with Crippen LogP contribution in [-0.4, -0.2) is 48.7 Å². The summed E-state index contributed by atoms with van der Waals surface area (Å²) in [5.74, 6) is 0.440. The molecule has 4 heteroatoms. The molecule has 138 valence electrons. The number of likely N-dealkylation sites (N-methyl/N-ethyl adjacent to an activating group) is 1. The molecule has 0 saturated heterocycles. The number of carbonyl (C=O) groups excluding carboxylic acids is 1. The number of amides is 1. The lowest BCUT2D eigenvalue weighted by Gasteiger charge is -2.34. The molecule has 1 aliphatic heterocycles. The Morgan fingerprint density at radius 2 is 1.88 bits per heavy atom. The standard InChI is InChI=1S/C21H32N2O2/c1-16-7-12-19(23(15-16)20(24)25-21(2,3)4)18-10-8-17(9-11-18)13-14-22(5)6/h8-12,16H,7,13-15H2,1-6H3/t16-/m0/s1. The molecule has 1 heterocycles. The van der Waals surface area contributed by atoms with Crippen molar-refractivity contribution in [2.24, 2.45) is 5.92 Å². The van der Waals surface area contributed by atoms with Gasteiger partial charge in [0.15, 0.2) is 0 Å². The molecule has 1 aromatic rings. The van der Waals surface area contributed by atoms with E-state index in [0.29, 0.717) is 12.5 Å². The van der Waals surface area contributed by atoms with Gasteiger partial charge in [-0.1, -0.05) is 37.3 Å². The van der Waals surface area contributed by atoms with Crippen LogP contribution in [0.3, 0.4) is 0 Å². The van der Waals surface area contributed by atoms with Gasteiger partial charge in [0.1, 0.15) is 5.60 Å². The maximum absolute atomic E-state index is 12.6. The molecule has 1 aromatic carbocycles. The van der Waals surface area contributed by atoms with Gasteiger partial charge in [-0.05, 0) is 64.8 Å². The molecular weight excluding hydrogens is 312 g/mol. The molecular formula is C21H32N2O2. The first-order valence-corrected chi connectivity index (χ1v) is 9.10. The van der Waals surface area contributed by atoms with Crippen molar-refractivity contribution in [3.8, 4) is 0 Å². The Labute approximate surface area is 152 Å². The van der Waals surface area contributed by atoms with Gasteiger partial charge in [-0.2, -0.15) is 0 Å². The summed E-state index contributed by atoms with van der Waals surface area (Å²) in [6, 6.07) is 8.55. The fourth-order valence-electron chi connectivity index (χ4n) is 2.87. The van der Waals surface area contributed by atoms with Crippen LogP contribution in [0.4, 0.5) is 4.79 Å². The zero-order chi connectivity index (χ0) is 18.6. The van der Waals surface area contributed by atoms with E-state index in [-0.39, 0.29) is 6.09 Å². The van der Waals surface area contributed by atoms with Crippen LogP contribution in [0.5, 0.6) is 0 Å². The third-order valence-corrected chi connectivity index (χ3v) is 4.21. The first-order valence-electron chi connectivity index (χ1n) is 9.10. The minimum absolute atomic E-state index is 0.262. The van der Waals surface area contributed by atoms with Crippen molar-refractivity contribution in [2.45, 2.75) is 46.1 Å². The lowest BCUT2D eigenvalue weighted by Crippen LogP contribution is -2.39. The van der Waals surface area contributed by atoms with E-state index in [4.69, 9.17) is 4.74 Å². The number of ether oxygens (including phenoxy) is 1. The summed E-state index contributed by atoms with van der Waals surface area (Å²) >= 11 is 0. The van der Waals surface area contributed by atoms with Gasteiger partial charge in [0.05, 0.1) is 5.70 Å². The average Bonchev–Trinajstić information content (AvgIpc) is 2.52. The third kappa shape index (κ3) is 5.89. The van der Waals surface area contributed by atoms with Crippen LogP contribution in [0, 0.1) is 5.92 Å². The molecule has 0 bridgehead atoms. The first kappa shape index (κ1) is 19.5. The van der Waals surface area contributed by atoms with E-state index in [1.54, 1.807) is 4.90 Å². The zero-order valence-electron chi connectivity index (χ0n) is 16.5. The number of carbonyl (C=O) groups is 1. The Bertz CT molecular complexity index is 612. The van der Waals surface area contributed by atoms with Crippen LogP contribution < -0.4 is 0 Å². The highest BCUT2D eigenvalue weighted by molar-refractivity contribution is 5.83. The quantitative estimate of drug-likeness (QED) is 0.811. The number of allylic oxidation sites excluding steroid dienone is 1. The molecule has 0 saturated carbocycles. The smallest absolute Gasteiger partial charge is 0.414 e. The molecule has 0 radical (unpaired) electrons. The van der Waals surface area contributed by atoms with Crippen LogP contribution >= 0.6 is 0 Å². The predicted octanol–water partition coefficient (Wildman–Crippen LogP) is 4.41. The van der Waals surface area contributed by atoms with E-state index < -0.39 is 5.60 Å². The van der Waals surface area contributed by atoms with E-state index in [1.807, 2.05) is 20.8 Å². The van der Waals surface area contributed by atoms with E-state index >= 15 is 0 Å². The van der Waals surface area contributed by atoms with Gasteiger partial charge in [0.25, 0.3) is 0 Å². The summed E-state index contributed by atoms with van der Waals surface area (Å²) in [6.07, 6.45) is 3.91. The highest BCUT2D eigenvalue weighted by Gasteiger charge is 2.29. The van der Waals surface area contributed by atoms with Crippen LogP contribution in [0.1, 0.15) is 45.2 Å². The Kier molecular flexibility index (Phi) is 6.28. The lowest BCUT2D eigenvalue weighted by atomic mass is 9.97.